The van der Waals surface area contributed by atoms with Crippen molar-refractivity contribution in [3.63, 3.8) is 0 Å². The number of aldehydes is 1. The lowest BCUT2D eigenvalue weighted by Gasteiger charge is -2.71. The van der Waals surface area contributed by atoms with Gasteiger partial charge in [0.1, 0.15) is 133 Å². The molecule has 1 amide bonds. The largest absolute Gasteiger partial charge is 0.432 e. The highest BCUT2D eigenvalue weighted by Crippen LogP contribution is 2.76. The zero-order valence-electron chi connectivity index (χ0n) is 67.7. The Kier molecular flexibility index (Phi) is 29.5. The summed E-state index contributed by atoms with van der Waals surface area (Å²) in [6, 6.07) is -1.44. The number of unbranched alkanes of at least 4 members (excludes halogenated alkanes) is 8. The molecule has 7 heterocycles. The maximum Gasteiger partial charge on any atom is 0.317 e. The molecular formula is C80H131NO35. The Morgan fingerprint density at radius 1 is 0.534 bits per heavy atom. The molecule has 36 heteroatoms. The quantitative estimate of drug-likeness (QED) is 0.0118. The van der Waals surface area contributed by atoms with E-state index in [0.717, 1.165) is 56.8 Å². The topological polar surface area (TPSA) is 557 Å². The molecule has 116 heavy (non-hydrogen) atoms. The van der Waals surface area contributed by atoms with Crippen molar-refractivity contribution >= 4 is 18.2 Å². The number of esters is 1. The van der Waals surface area contributed by atoms with E-state index in [4.69, 9.17) is 66.3 Å². The van der Waals surface area contributed by atoms with Crippen molar-refractivity contribution in [2.24, 2.45) is 50.2 Å². The molecule has 5 aliphatic carbocycles. The number of ether oxygens (including phenoxy) is 14. The molecule has 4 saturated carbocycles. The fourth-order valence-corrected chi connectivity index (χ4v) is 21.8. The second-order valence-corrected chi connectivity index (χ2v) is 37.0. The van der Waals surface area contributed by atoms with Crippen LogP contribution in [0.1, 0.15) is 177 Å². The molecule has 7 saturated heterocycles. The predicted octanol–water partition coefficient (Wildman–Crippen LogP) is -2.78. The van der Waals surface area contributed by atoms with Gasteiger partial charge in [-0.05, 0) is 111 Å². The lowest BCUT2D eigenvalue weighted by atomic mass is 9.33. The first-order chi connectivity index (χ1) is 54.8. The third-order valence-electron chi connectivity index (χ3n) is 29.1. The number of carbonyl (C=O) groups is 3. The lowest BCUT2D eigenvalue weighted by Crippen LogP contribution is -2.70. The van der Waals surface area contributed by atoms with E-state index in [-0.39, 0.29) is 31.6 Å². The SMILES string of the molecule is CCCCCCCCCCCC(=O)N[C@H]1C(CO)O[C@@H](OC(=O)[C@]23CCC(C)(C)CC2C2=CCC4C5(C)CC[C@H](O[C@@H]6OC[C@@H](O)[C@H](O[C@@H]7OC[C@@H](O)[C@H](O)C7O)C6O[C@@H]6OC(CO)[C@H](O)[C@H](O)C6O)[C@](C)(C=O)[C@@H]5CC[C@]4(C)[C@]2(C)CC3O)[C@H](O[C@@H]2OC(C)[C@H](O[C@@H]3OC[C@@H](O)C(O[C@@H]4OC[C@@](O)(CO)C4O)[C@H]3O)C(O)[C@@H]2O)C1O. The fraction of sp³-hybridized carbons (Fsp3) is 0.938. The van der Waals surface area contributed by atoms with Crippen LogP contribution in [-0.4, -0.2) is 352 Å². The van der Waals surface area contributed by atoms with Crippen molar-refractivity contribution in [2.45, 2.75) is 373 Å². The van der Waals surface area contributed by atoms with Gasteiger partial charge in [-0.25, -0.2) is 0 Å². The first kappa shape index (κ1) is 92.3. The molecule has 0 radical (unpaired) electrons. The predicted molar refractivity (Wildman–Crippen MR) is 395 cm³/mol. The van der Waals surface area contributed by atoms with Gasteiger partial charge >= 0.3 is 5.97 Å². The third-order valence-corrected chi connectivity index (χ3v) is 29.1. The van der Waals surface area contributed by atoms with Crippen LogP contribution in [0.4, 0.5) is 0 Å². The molecule has 0 bridgehead atoms. The van der Waals surface area contributed by atoms with Crippen LogP contribution in [0.15, 0.2) is 11.6 Å². The average Bonchev–Trinajstić information content (AvgIpc) is 0.766. The molecule has 0 aromatic heterocycles. The number of fused-ring (bicyclic) bond motifs is 7. The van der Waals surface area contributed by atoms with Gasteiger partial charge in [0.2, 0.25) is 12.2 Å². The molecule has 12 rings (SSSR count). The minimum absolute atomic E-state index is 0.0398. The summed E-state index contributed by atoms with van der Waals surface area (Å²) >= 11 is 0. The van der Waals surface area contributed by atoms with E-state index < -0.39 is 299 Å². The maximum atomic E-state index is 16.2. The molecule has 666 valence electrons. The van der Waals surface area contributed by atoms with Crippen LogP contribution in [0.2, 0.25) is 0 Å². The minimum Gasteiger partial charge on any atom is -0.432 e. The highest BCUT2D eigenvalue weighted by atomic mass is 16.8. The summed E-state index contributed by atoms with van der Waals surface area (Å²) in [6.45, 7) is 11.5. The van der Waals surface area contributed by atoms with Crippen molar-refractivity contribution in [1.82, 2.24) is 5.32 Å². The van der Waals surface area contributed by atoms with E-state index in [0.29, 0.717) is 44.9 Å². The average molecular weight is 1670 g/mol. The van der Waals surface area contributed by atoms with Crippen LogP contribution >= 0.6 is 0 Å². The number of hydrogen-bond donors (Lipinski definition) is 19. The molecular weight excluding hydrogens is 1530 g/mol. The van der Waals surface area contributed by atoms with Crippen molar-refractivity contribution in [3.05, 3.63) is 11.6 Å². The van der Waals surface area contributed by atoms with Crippen LogP contribution < -0.4 is 5.32 Å². The van der Waals surface area contributed by atoms with Gasteiger partial charge in [-0.1, -0.05) is 111 Å². The number of aliphatic hydroxyl groups is 18. The highest BCUT2D eigenvalue weighted by Gasteiger charge is 2.73. The summed E-state index contributed by atoms with van der Waals surface area (Å²) in [7, 11) is 0. The number of amides is 1. The molecule has 0 aromatic rings. The van der Waals surface area contributed by atoms with Gasteiger partial charge in [0.25, 0.3) is 0 Å². The van der Waals surface area contributed by atoms with E-state index in [2.05, 4.69) is 52.9 Å². The van der Waals surface area contributed by atoms with Crippen LogP contribution in [-0.2, 0) is 80.7 Å². The Hall–Kier alpha value is -2.89. The van der Waals surface area contributed by atoms with Gasteiger partial charge in [0.15, 0.2) is 43.8 Å². The summed E-state index contributed by atoms with van der Waals surface area (Å²) in [5.41, 5.74) is -6.70. The first-order valence-corrected chi connectivity index (χ1v) is 42.0. The van der Waals surface area contributed by atoms with Crippen LogP contribution in [0.3, 0.4) is 0 Å². The number of nitrogens with one attached hydrogen (secondary N) is 1. The van der Waals surface area contributed by atoms with Crippen LogP contribution in [0, 0.1) is 50.2 Å². The van der Waals surface area contributed by atoms with Gasteiger partial charge in [-0.3, -0.25) is 9.59 Å². The van der Waals surface area contributed by atoms with E-state index in [1.165, 1.54) is 13.3 Å². The molecule has 0 spiro atoms. The van der Waals surface area contributed by atoms with Crippen LogP contribution in [0.25, 0.3) is 0 Å². The number of hydrogen-bond acceptors (Lipinski definition) is 35. The monoisotopic (exact) mass is 1670 g/mol. The van der Waals surface area contributed by atoms with E-state index in [1.807, 2.05) is 6.92 Å². The lowest BCUT2D eigenvalue weighted by molar-refractivity contribution is -0.384. The summed E-state index contributed by atoms with van der Waals surface area (Å²) in [5.74, 6) is -2.69. The van der Waals surface area contributed by atoms with Gasteiger partial charge in [-0.15, -0.1) is 0 Å². The van der Waals surface area contributed by atoms with E-state index in [9.17, 15) is 102 Å². The number of rotatable bonds is 29. The van der Waals surface area contributed by atoms with Gasteiger partial charge < -0.3 is 168 Å². The molecule has 40 atom stereocenters. The molecule has 36 nitrogen and oxygen atoms in total. The Balaban J connectivity index is 0.790. The second-order valence-electron chi connectivity index (χ2n) is 37.0. The minimum atomic E-state index is -2.11. The summed E-state index contributed by atoms with van der Waals surface area (Å²) < 4.78 is 85.3. The van der Waals surface area contributed by atoms with Crippen LogP contribution in [0.5, 0.6) is 0 Å². The second kappa shape index (κ2) is 37.1. The fourth-order valence-electron chi connectivity index (χ4n) is 21.8. The van der Waals surface area contributed by atoms with Crippen molar-refractivity contribution in [2.75, 3.05) is 46.2 Å². The zero-order valence-corrected chi connectivity index (χ0v) is 67.7. The molecule has 12 aliphatic rings. The number of carbonyl (C=O) groups excluding carboxylic acids is 3. The van der Waals surface area contributed by atoms with E-state index in [1.54, 1.807) is 0 Å². The first-order valence-electron chi connectivity index (χ1n) is 42.0. The standard InChI is InChI=1S/C80H131NO35/c1-9-10-11-12-13-14-15-16-17-18-49(90)81-50-43(29-82)108-71(63(53(50)93)114-68-58(98)55(95)60(37(2)107-68)111-67-59(99)61(41(87)32-104-67)112-72-65(100)79(102,35-85)36-106-72)116-73(101)80-26-25-74(3,4)27-39(80)38-19-20-46-75(5)23-22-48(76(6,34-84)45(75)21-24-77(46,7)78(38,8)28-47(80)89)110-70-64(115-69-57(97)54(94)52(92)44(30-83)109-69)62(42(88)33-105-70)113-66-56(96)51(91)40(86)31-103-66/h19,34,37,39-48,50-72,82-83,85-89,91-100,102H,9-18,20-33,35-36H2,1-8H3,(H,81,90)/t37?,39?,40-,41-,42-,43?,44?,45-,46?,47?,48+,50+,51+,52+,53?,54+,55?,56?,57?,58+,59-,60+,61?,62+,63-,64?,65?,66+,67+,68+,69+,70+,71+,72+,75?,76-,77+,78-,79+,80-/m1/s1. The summed E-state index contributed by atoms with van der Waals surface area (Å²) in [4.78, 5) is 44.4. The molecule has 7 aliphatic heterocycles. The maximum absolute atomic E-state index is 16.2. The highest BCUT2D eigenvalue weighted by molar-refractivity contribution is 5.80. The van der Waals surface area contributed by atoms with Crippen molar-refractivity contribution < 1.29 is 173 Å². The Morgan fingerprint density at radius 3 is 1.77 bits per heavy atom. The summed E-state index contributed by atoms with van der Waals surface area (Å²) in [6.07, 6.45) is -35.7. The number of allylic oxidation sites excluding steroid dienone is 2. The number of aliphatic hydroxyl groups excluding tert-OH is 17. The molecule has 0 aromatic carbocycles. The molecule has 19 N–H and O–H groups in total. The summed E-state index contributed by atoms with van der Waals surface area (Å²) in [5, 5.41) is 204. The third kappa shape index (κ3) is 17.4. The Morgan fingerprint density at radius 2 is 1.11 bits per heavy atom. The normalized spacial score (nSPS) is 50.2. The zero-order chi connectivity index (χ0) is 84.3. The van der Waals surface area contributed by atoms with Crippen molar-refractivity contribution in [1.29, 1.82) is 0 Å². The molecule has 14 unspecified atom stereocenters. The van der Waals surface area contributed by atoms with E-state index >= 15 is 4.79 Å². The van der Waals surface area contributed by atoms with Gasteiger partial charge in [-0.2, -0.15) is 0 Å². The Labute approximate surface area is 675 Å². The van der Waals surface area contributed by atoms with Gasteiger partial charge in [0.05, 0.1) is 76.0 Å². The van der Waals surface area contributed by atoms with Crippen molar-refractivity contribution in [3.8, 4) is 0 Å². The smallest absolute Gasteiger partial charge is 0.317 e. The van der Waals surface area contributed by atoms with Gasteiger partial charge in [0, 0.05) is 6.42 Å². The Bertz CT molecular complexity index is 3290. The molecule has 11 fully saturated rings.